The Morgan fingerprint density at radius 1 is 0.688 bits per heavy atom. The first-order valence-corrected chi connectivity index (χ1v) is 4.53. The van der Waals surface area contributed by atoms with Crippen molar-refractivity contribution in [2.45, 2.75) is 0 Å². The Bertz CT molecular complexity index is 558. The molecule has 0 spiro atoms. The average molecular weight is 377 g/mol. The van der Waals surface area contributed by atoms with Crippen molar-refractivity contribution in [1.82, 2.24) is 9.97 Å². The van der Waals surface area contributed by atoms with Crippen molar-refractivity contribution in [2.75, 3.05) is 0 Å². The Hall–Kier alpha value is 0.611. The predicted octanol–water partition coefficient (Wildman–Crippen LogP) is 2.40. The van der Waals surface area contributed by atoms with Gasteiger partial charge in [0.05, 0.1) is 11.0 Å². The molecule has 0 amide bonds. The summed E-state index contributed by atoms with van der Waals surface area (Å²) < 4.78 is 0. The van der Waals surface area contributed by atoms with Crippen LogP contribution in [-0.4, -0.2) is 78.9 Å². The molecule has 3 rings (SSSR count). The molecule has 2 radical (unpaired) electrons. The van der Waals surface area contributed by atoms with Gasteiger partial charge in [-0.1, -0.05) is 24.3 Å². The molecule has 2 aromatic heterocycles. The molecule has 0 unspecified atom stereocenters. The Labute approximate surface area is 163 Å². The monoisotopic (exact) mass is 376 g/mol. The third kappa shape index (κ3) is 2.71. The van der Waals surface area contributed by atoms with Crippen LogP contribution >= 0.6 is 0 Å². The van der Waals surface area contributed by atoms with E-state index in [4.69, 9.17) is 0 Å². The Morgan fingerprint density at radius 2 is 1.12 bits per heavy atom. The fraction of sp³-hybridized carbons (Fsp3) is 0. The fourth-order valence-corrected chi connectivity index (χ4v) is 1.68. The number of hydrogen-bond donors (Lipinski definition) is 0. The summed E-state index contributed by atoms with van der Waals surface area (Å²) in [5, 5.41) is 2.28. The fourth-order valence-electron chi connectivity index (χ4n) is 1.68. The molecule has 0 saturated carbocycles. The van der Waals surface area contributed by atoms with Gasteiger partial charge < -0.3 is 0 Å². The minimum absolute atomic E-state index is 0. The first kappa shape index (κ1) is 14.7. The third-order valence-electron chi connectivity index (χ3n) is 2.34. The molecule has 0 aliphatic heterocycles. The molecule has 78 valence electrons. The molecule has 0 atom stereocenters. The SMILES string of the molecule is [Cs].[Cu].c1cnc2c(c1)ccc1cccnc12. The molecule has 4 heteroatoms. The van der Waals surface area contributed by atoms with Crippen molar-refractivity contribution in [3.63, 3.8) is 0 Å². The van der Waals surface area contributed by atoms with Gasteiger partial charge in [0.1, 0.15) is 0 Å². The zero-order chi connectivity index (χ0) is 9.38. The van der Waals surface area contributed by atoms with Crippen molar-refractivity contribution in [3.8, 4) is 0 Å². The van der Waals surface area contributed by atoms with E-state index >= 15 is 0 Å². The number of pyridine rings is 2. The maximum Gasteiger partial charge on any atom is 0.0964 e. The normalized spacial score (nSPS) is 9.50. The van der Waals surface area contributed by atoms with Crippen LogP contribution in [0.4, 0.5) is 0 Å². The van der Waals surface area contributed by atoms with E-state index in [0.717, 1.165) is 21.8 Å². The summed E-state index contributed by atoms with van der Waals surface area (Å²) in [6.07, 6.45) is 3.60. The van der Waals surface area contributed by atoms with E-state index in [-0.39, 0.29) is 86.0 Å². The minimum atomic E-state index is 0. The summed E-state index contributed by atoms with van der Waals surface area (Å²) in [5.74, 6) is 0. The zero-order valence-corrected chi connectivity index (χ0v) is 16.0. The number of aromatic nitrogens is 2. The zero-order valence-electron chi connectivity index (χ0n) is 8.81. The largest absolute Gasteiger partial charge is 0.254 e. The quantitative estimate of drug-likeness (QED) is 0.445. The van der Waals surface area contributed by atoms with E-state index in [9.17, 15) is 0 Å². The van der Waals surface area contributed by atoms with Gasteiger partial charge in [0, 0.05) is 109 Å². The smallest absolute Gasteiger partial charge is 0.0964 e. The number of rotatable bonds is 0. The second kappa shape index (κ2) is 6.52. The summed E-state index contributed by atoms with van der Waals surface area (Å²) in [6, 6.07) is 12.1. The van der Waals surface area contributed by atoms with Crippen molar-refractivity contribution >= 4 is 90.7 Å². The second-order valence-electron chi connectivity index (χ2n) is 3.22. The van der Waals surface area contributed by atoms with Gasteiger partial charge >= 0.3 is 0 Å². The van der Waals surface area contributed by atoms with Crippen LogP contribution in [0.1, 0.15) is 0 Å². The maximum atomic E-state index is 4.35. The van der Waals surface area contributed by atoms with E-state index in [2.05, 4.69) is 34.2 Å². The molecule has 0 N–H and O–H groups in total. The van der Waals surface area contributed by atoms with Crippen LogP contribution in [0.25, 0.3) is 21.8 Å². The van der Waals surface area contributed by atoms with Gasteiger partial charge in [-0.05, 0) is 12.1 Å². The topological polar surface area (TPSA) is 25.8 Å². The summed E-state index contributed by atoms with van der Waals surface area (Å²) >= 11 is 0. The number of hydrogen-bond acceptors (Lipinski definition) is 2. The van der Waals surface area contributed by atoms with Crippen LogP contribution in [0.2, 0.25) is 0 Å². The molecule has 0 saturated heterocycles. The third-order valence-corrected chi connectivity index (χ3v) is 2.34. The van der Waals surface area contributed by atoms with Gasteiger partial charge in [0.25, 0.3) is 0 Å². The van der Waals surface area contributed by atoms with Crippen molar-refractivity contribution < 1.29 is 17.1 Å². The summed E-state index contributed by atoms with van der Waals surface area (Å²) in [4.78, 5) is 8.69. The summed E-state index contributed by atoms with van der Waals surface area (Å²) in [6.45, 7) is 0. The summed E-state index contributed by atoms with van der Waals surface area (Å²) in [7, 11) is 0. The standard InChI is InChI=1S/C12H8N2.Cs.Cu/c1-3-9-5-6-10-4-2-8-14-12(10)11(9)13-7-1;;/h1-8H;;. The van der Waals surface area contributed by atoms with Crippen molar-refractivity contribution in [1.29, 1.82) is 0 Å². The molecule has 2 heterocycles. The van der Waals surface area contributed by atoms with E-state index in [0.29, 0.717) is 0 Å². The molecule has 0 aliphatic carbocycles. The molecule has 0 aliphatic rings. The summed E-state index contributed by atoms with van der Waals surface area (Å²) in [5.41, 5.74) is 1.95. The van der Waals surface area contributed by atoms with Crippen molar-refractivity contribution in [2.24, 2.45) is 0 Å². The Balaban J connectivity index is 0.000000640. The minimum Gasteiger partial charge on any atom is -0.254 e. The van der Waals surface area contributed by atoms with Gasteiger partial charge in [-0.15, -0.1) is 0 Å². The number of nitrogens with zero attached hydrogens (tertiary/aromatic N) is 2. The molecule has 1 aromatic carbocycles. The van der Waals surface area contributed by atoms with Crippen LogP contribution in [0.15, 0.2) is 48.8 Å². The van der Waals surface area contributed by atoms with Gasteiger partial charge in [-0.3, -0.25) is 9.97 Å². The van der Waals surface area contributed by atoms with Crippen LogP contribution in [0.5, 0.6) is 0 Å². The van der Waals surface area contributed by atoms with Crippen molar-refractivity contribution in [3.05, 3.63) is 48.8 Å². The maximum absolute atomic E-state index is 4.35. The Morgan fingerprint density at radius 3 is 1.56 bits per heavy atom. The number of benzene rings is 1. The average Bonchev–Trinajstić information content (AvgIpc) is 2.29. The van der Waals surface area contributed by atoms with Crippen LogP contribution < -0.4 is 0 Å². The first-order valence-electron chi connectivity index (χ1n) is 4.53. The molecular weight excluding hydrogens is 369 g/mol. The van der Waals surface area contributed by atoms with Crippen LogP contribution in [-0.2, 0) is 17.1 Å². The van der Waals surface area contributed by atoms with E-state index in [1.807, 2.05) is 12.1 Å². The molecule has 16 heavy (non-hydrogen) atoms. The van der Waals surface area contributed by atoms with Gasteiger partial charge in [-0.2, -0.15) is 0 Å². The second-order valence-corrected chi connectivity index (χ2v) is 3.22. The molecule has 0 fully saturated rings. The van der Waals surface area contributed by atoms with Crippen LogP contribution in [0, 0.1) is 0 Å². The molecule has 2 nitrogen and oxygen atoms in total. The predicted molar refractivity (Wildman–Crippen MR) is 62.8 cm³/mol. The Kier molecular flexibility index (Phi) is 5.98. The van der Waals surface area contributed by atoms with Gasteiger partial charge in [0.2, 0.25) is 0 Å². The van der Waals surface area contributed by atoms with E-state index < -0.39 is 0 Å². The first-order chi connectivity index (χ1) is 6.95. The molecule has 0 bridgehead atoms. The van der Waals surface area contributed by atoms with Gasteiger partial charge in [0.15, 0.2) is 0 Å². The van der Waals surface area contributed by atoms with E-state index in [1.165, 1.54) is 0 Å². The number of fused-ring (bicyclic) bond motifs is 3. The van der Waals surface area contributed by atoms with Gasteiger partial charge in [-0.25, -0.2) is 0 Å². The van der Waals surface area contributed by atoms with E-state index in [1.54, 1.807) is 12.4 Å². The molecule has 3 aromatic rings. The van der Waals surface area contributed by atoms with Crippen LogP contribution in [0.3, 0.4) is 0 Å². The molecular formula is C12H8CsCuN2.